The zero-order valence-corrected chi connectivity index (χ0v) is 26.3. The molecule has 0 bridgehead atoms. The van der Waals surface area contributed by atoms with Crippen molar-refractivity contribution in [1.82, 2.24) is 19.9 Å². The van der Waals surface area contributed by atoms with E-state index >= 15 is 0 Å². The van der Waals surface area contributed by atoms with Gasteiger partial charge in [-0.25, -0.2) is 19.9 Å². The highest BCUT2D eigenvalue weighted by atomic mass is 32.1. The smallest absolute Gasteiger partial charge is 0.227 e. The van der Waals surface area contributed by atoms with Gasteiger partial charge in [-0.1, -0.05) is 109 Å². The van der Waals surface area contributed by atoms with E-state index in [-0.39, 0.29) is 0 Å². The molecule has 3 aromatic heterocycles. The first-order valence-electron chi connectivity index (χ1n) is 15.8. The van der Waals surface area contributed by atoms with Crippen LogP contribution in [0.1, 0.15) is 0 Å². The van der Waals surface area contributed by atoms with Crippen LogP contribution in [0, 0.1) is 0 Å². The minimum Gasteiger partial charge on any atom is -0.436 e. The molecule has 3 heterocycles. The number of hydrogen-bond acceptors (Lipinski definition) is 6. The summed E-state index contributed by atoms with van der Waals surface area (Å²) in [5.41, 5.74) is 5.38. The second-order valence-electron chi connectivity index (χ2n) is 11.9. The lowest BCUT2D eigenvalue weighted by Crippen LogP contribution is -2.00. The van der Waals surface area contributed by atoms with Crippen molar-refractivity contribution in [1.29, 1.82) is 0 Å². The lowest BCUT2D eigenvalue weighted by molar-refractivity contribution is 0.620. The molecule has 0 radical (unpaired) electrons. The Labute approximate surface area is 278 Å². The predicted octanol–water partition coefficient (Wildman–Crippen LogP) is 11.4. The molecule has 10 aromatic rings. The highest BCUT2D eigenvalue weighted by Crippen LogP contribution is 2.42. The standard InChI is InChI=1S/C42H24N4OS/c1-3-11-27(12-4-1)39-44-40(29-21-20-26-19-18-25-10-7-8-15-30(25)32(26)22-29)46-41(45-39)31-16-9-17-36-38(31)33-23-35-34(24-37(33)48-36)43-42(47-35)28-13-5-2-6-14-28/h1-24H. The molecule has 5 nitrogen and oxygen atoms in total. The molecule has 224 valence electrons. The largest absolute Gasteiger partial charge is 0.436 e. The second-order valence-corrected chi connectivity index (χ2v) is 13.0. The monoisotopic (exact) mass is 632 g/mol. The Morgan fingerprint density at radius 1 is 0.438 bits per heavy atom. The van der Waals surface area contributed by atoms with E-state index in [2.05, 4.69) is 84.9 Å². The second kappa shape index (κ2) is 10.7. The number of rotatable bonds is 4. The predicted molar refractivity (Wildman–Crippen MR) is 197 cm³/mol. The number of hydrogen-bond donors (Lipinski definition) is 0. The van der Waals surface area contributed by atoms with Crippen LogP contribution < -0.4 is 0 Å². The van der Waals surface area contributed by atoms with Crippen molar-refractivity contribution in [2.24, 2.45) is 0 Å². The van der Waals surface area contributed by atoms with Crippen molar-refractivity contribution in [2.75, 3.05) is 0 Å². The molecular weight excluding hydrogens is 609 g/mol. The highest BCUT2D eigenvalue weighted by Gasteiger charge is 2.19. The zero-order chi connectivity index (χ0) is 31.6. The third-order valence-electron chi connectivity index (χ3n) is 8.94. The third kappa shape index (κ3) is 4.38. The van der Waals surface area contributed by atoms with E-state index in [1.54, 1.807) is 11.3 Å². The quantitative estimate of drug-likeness (QED) is 0.181. The fourth-order valence-corrected chi connectivity index (χ4v) is 7.77. The molecule has 0 N–H and O–H groups in total. The summed E-state index contributed by atoms with van der Waals surface area (Å²) in [5.74, 6) is 2.51. The molecule has 0 spiro atoms. The maximum absolute atomic E-state index is 6.30. The van der Waals surface area contributed by atoms with Gasteiger partial charge in [0.2, 0.25) is 5.89 Å². The van der Waals surface area contributed by atoms with Gasteiger partial charge in [0, 0.05) is 42.4 Å². The molecule has 0 fully saturated rings. The minimum absolute atomic E-state index is 0.616. The van der Waals surface area contributed by atoms with E-state index in [1.165, 1.54) is 21.5 Å². The van der Waals surface area contributed by atoms with E-state index < -0.39 is 0 Å². The van der Waals surface area contributed by atoms with E-state index in [0.717, 1.165) is 53.5 Å². The van der Waals surface area contributed by atoms with Crippen LogP contribution in [0.3, 0.4) is 0 Å². The summed E-state index contributed by atoms with van der Waals surface area (Å²) in [4.78, 5) is 20.1. The molecule has 0 atom stereocenters. The fraction of sp³-hybridized carbons (Fsp3) is 0. The first kappa shape index (κ1) is 26.9. The number of fused-ring (bicyclic) bond motifs is 7. The van der Waals surface area contributed by atoms with Crippen LogP contribution in [-0.2, 0) is 0 Å². The van der Waals surface area contributed by atoms with Crippen LogP contribution in [0.2, 0.25) is 0 Å². The van der Waals surface area contributed by atoms with Gasteiger partial charge in [-0.2, -0.15) is 0 Å². The molecule has 0 aliphatic rings. The average Bonchev–Trinajstić information content (AvgIpc) is 3.74. The topological polar surface area (TPSA) is 64.7 Å². The zero-order valence-electron chi connectivity index (χ0n) is 25.5. The van der Waals surface area contributed by atoms with Crippen molar-refractivity contribution in [3.8, 4) is 45.6 Å². The maximum atomic E-state index is 6.30. The van der Waals surface area contributed by atoms with Crippen molar-refractivity contribution < 1.29 is 4.42 Å². The van der Waals surface area contributed by atoms with Crippen LogP contribution in [0.5, 0.6) is 0 Å². The van der Waals surface area contributed by atoms with Gasteiger partial charge in [-0.05, 0) is 57.9 Å². The maximum Gasteiger partial charge on any atom is 0.227 e. The molecule has 0 unspecified atom stereocenters. The van der Waals surface area contributed by atoms with Crippen molar-refractivity contribution >= 4 is 64.2 Å². The summed E-state index contributed by atoms with van der Waals surface area (Å²) in [5, 5.41) is 6.95. The molecular formula is C42H24N4OS. The van der Waals surface area contributed by atoms with Crippen LogP contribution >= 0.6 is 11.3 Å². The molecule has 48 heavy (non-hydrogen) atoms. The Hall–Kier alpha value is -6.24. The lowest BCUT2D eigenvalue weighted by Gasteiger charge is -2.11. The van der Waals surface area contributed by atoms with Crippen molar-refractivity contribution in [3.05, 3.63) is 146 Å². The van der Waals surface area contributed by atoms with Crippen LogP contribution in [-0.4, -0.2) is 19.9 Å². The molecule has 0 aliphatic heterocycles. The molecule has 7 aromatic carbocycles. The Kier molecular flexibility index (Phi) is 5.98. The molecule has 10 rings (SSSR count). The number of benzene rings is 7. The molecule has 0 saturated heterocycles. The van der Waals surface area contributed by atoms with Crippen LogP contribution in [0.15, 0.2) is 150 Å². The summed E-state index contributed by atoms with van der Waals surface area (Å²) in [7, 11) is 0. The van der Waals surface area contributed by atoms with E-state index in [4.69, 9.17) is 24.4 Å². The average molecular weight is 633 g/mol. The summed E-state index contributed by atoms with van der Waals surface area (Å²) in [6, 6.07) is 50.0. The Morgan fingerprint density at radius 2 is 1.12 bits per heavy atom. The number of thiophene rings is 1. The first-order chi connectivity index (χ1) is 23.7. The van der Waals surface area contributed by atoms with Crippen LogP contribution in [0.4, 0.5) is 0 Å². The third-order valence-corrected chi connectivity index (χ3v) is 10.1. The summed E-state index contributed by atoms with van der Waals surface area (Å²) >= 11 is 1.74. The van der Waals surface area contributed by atoms with E-state index in [9.17, 15) is 0 Å². The molecule has 6 heteroatoms. The SMILES string of the molecule is c1ccc(-c2nc(-c3ccc4ccc5ccccc5c4c3)nc(-c3cccc4sc5cc6nc(-c7ccccc7)oc6cc5c34)n2)cc1. The van der Waals surface area contributed by atoms with Gasteiger partial charge in [0.25, 0.3) is 0 Å². The van der Waals surface area contributed by atoms with Gasteiger partial charge in [0.15, 0.2) is 23.1 Å². The van der Waals surface area contributed by atoms with Gasteiger partial charge in [0.1, 0.15) is 5.52 Å². The number of aromatic nitrogens is 4. The Balaban J connectivity index is 1.20. The molecule has 0 aliphatic carbocycles. The number of nitrogens with zero attached hydrogens (tertiary/aromatic N) is 4. The highest BCUT2D eigenvalue weighted by molar-refractivity contribution is 7.26. The van der Waals surface area contributed by atoms with Gasteiger partial charge in [-0.15, -0.1) is 11.3 Å². The Bertz CT molecular complexity index is 2840. The Morgan fingerprint density at radius 3 is 1.96 bits per heavy atom. The van der Waals surface area contributed by atoms with Crippen molar-refractivity contribution in [2.45, 2.75) is 0 Å². The van der Waals surface area contributed by atoms with E-state index in [0.29, 0.717) is 23.4 Å². The van der Waals surface area contributed by atoms with Crippen molar-refractivity contribution in [3.63, 3.8) is 0 Å². The van der Waals surface area contributed by atoms with Gasteiger partial charge in [0.05, 0.1) is 0 Å². The summed E-state index contributed by atoms with van der Waals surface area (Å²) in [6.07, 6.45) is 0. The van der Waals surface area contributed by atoms with Gasteiger partial charge >= 0.3 is 0 Å². The minimum atomic E-state index is 0.616. The molecule has 0 amide bonds. The lowest BCUT2D eigenvalue weighted by atomic mass is 9.99. The fourth-order valence-electron chi connectivity index (χ4n) is 6.62. The van der Waals surface area contributed by atoms with Crippen LogP contribution in [0.25, 0.3) is 98.4 Å². The summed E-state index contributed by atoms with van der Waals surface area (Å²) in [6.45, 7) is 0. The normalized spacial score (nSPS) is 11.8. The van der Waals surface area contributed by atoms with Gasteiger partial charge in [-0.3, -0.25) is 0 Å². The summed E-state index contributed by atoms with van der Waals surface area (Å²) < 4.78 is 8.59. The van der Waals surface area contributed by atoms with E-state index in [1.807, 2.05) is 60.7 Å². The van der Waals surface area contributed by atoms with Gasteiger partial charge < -0.3 is 4.42 Å². The molecule has 0 saturated carbocycles. The first-order valence-corrected chi connectivity index (χ1v) is 16.6. The number of oxazole rings is 1.